The molecule has 1 atom stereocenters. The van der Waals surface area contributed by atoms with Gasteiger partial charge in [-0.25, -0.2) is 4.98 Å². The monoisotopic (exact) mass is 165 g/mol. The summed E-state index contributed by atoms with van der Waals surface area (Å²) in [4.78, 5) is 4.37. The summed E-state index contributed by atoms with van der Waals surface area (Å²) < 4.78 is 2.21. The van der Waals surface area contributed by atoms with Crippen molar-refractivity contribution in [2.24, 2.45) is 0 Å². The molecule has 0 bridgehead atoms. The molecule has 0 amide bonds. The summed E-state index contributed by atoms with van der Waals surface area (Å²) in [6.07, 6.45) is 6.45. The minimum atomic E-state index is 0.500. The van der Waals surface area contributed by atoms with E-state index in [0.717, 1.165) is 13.1 Å². The Kier molecular flexibility index (Phi) is 2.13. The molecule has 1 aliphatic heterocycles. The van der Waals surface area contributed by atoms with Gasteiger partial charge in [0.05, 0.1) is 6.04 Å². The summed E-state index contributed by atoms with van der Waals surface area (Å²) in [7, 11) is 0. The van der Waals surface area contributed by atoms with Crippen molar-refractivity contribution in [2.45, 2.75) is 32.4 Å². The van der Waals surface area contributed by atoms with Crippen molar-refractivity contribution in [3.8, 4) is 0 Å². The topological polar surface area (TPSA) is 29.9 Å². The molecule has 1 fully saturated rings. The van der Waals surface area contributed by atoms with Crippen molar-refractivity contribution in [3.05, 3.63) is 18.2 Å². The van der Waals surface area contributed by atoms with E-state index in [-0.39, 0.29) is 0 Å². The molecule has 3 nitrogen and oxygen atoms in total. The molecule has 2 heterocycles. The lowest BCUT2D eigenvalue weighted by Gasteiger charge is -2.11. The number of hydrogen-bond acceptors (Lipinski definition) is 2. The van der Waals surface area contributed by atoms with E-state index in [2.05, 4.69) is 28.0 Å². The minimum absolute atomic E-state index is 0.500. The highest BCUT2D eigenvalue weighted by atomic mass is 15.1. The van der Waals surface area contributed by atoms with E-state index in [1.54, 1.807) is 0 Å². The summed E-state index contributed by atoms with van der Waals surface area (Å²) >= 11 is 0. The van der Waals surface area contributed by atoms with Gasteiger partial charge in [-0.3, -0.25) is 0 Å². The van der Waals surface area contributed by atoms with Crippen molar-refractivity contribution >= 4 is 0 Å². The van der Waals surface area contributed by atoms with Crippen molar-refractivity contribution in [1.82, 2.24) is 14.9 Å². The average Bonchev–Trinajstić information content (AvgIpc) is 2.74. The molecule has 0 radical (unpaired) electrons. The number of nitrogens with zero attached hydrogens (tertiary/aromatic N) is 2. The predicted molar refractivity (Wildman–Crippen MR) is 47.9 cm³/mol. The molecule has 0 aliphatic carbocycles. The molecular formula is C9H15N3. The lowest BCUT2D eigenvalue weighted by Crippen LogP contribution is -2.17. The molecule has 1 aliphatic rings. The third kappa shape index (κ3) is 1.25. The molecule has 2 rings (SSSR count). The predicted octanol–water partition coefficient (Wildman–Crippen LogP) is 1.33. The van der Waals surface area contributed by atoms with Crippen LogP contribution in [0.2, 0.25) is 0 Å². The van der Waals surface area contributed by atoms with Crippen LogP contribution in [-0.2, 0) is 6.54 Å². The first-order valence-corrected chi connectivity index (χ1v) is 4.66. The van der Waals surface area contributed by atoms with Crippen LogP contribution in [0.25, 0.3) is 0 Å². The maximum absolute atomic E-state index is 4.37. The van der Waals surface area contributed by atoms with E-state index < -0.39 is 0 Å². The molecule has 1 N–H and O–H groups in total. The van der Waals surface area contributed by atoms with Crippen LogP contribution >= 0.6 is 0 Å². The van der Waals surface area contributed by atoms with Crippen molar-refractivity contribution in [3.63, 3.8) is 0 Å². The second-order valence-electron chi connectivity index (χ2n) is 3.22. The van der Waals surface area contributed by atoms with Gasteiger partial charge in [0.2, 0.25) is 0 Å². The van der Waals surface area contributed by atoms with Gasteiger partial charge in [0.25, 0.3) is 0 Å². The van der Waals surface area contributed by atoms with Crippen LogP contribution in [0.3, 0.4) is 0 Å². The minimum Gasteiger partial charge on any atom is -0.334 e. The third-order valence-corrected chi connectivity index (χ3v) is 2.46. The number of imidazole rings is 1. The van der Waals surface area contributed by atoms with Gasteiger partial charge in [-0.15, -0.1) is 0 Å². The SMILES string of the molecule is CCn1ccnc1C1CCCN1. The van der Waals surface area contributed by atoms with Gasteiger partial charge in [-0.05, 0) is 26.3 Å². The van der Waals surface area contributed by atoms with Crippen molar-refractivity contribution < 1.29 is 0 Å². The number of nitrogens with one attached hydrogen (secondary N) is 1. The lowest BCUT2D eigenvalue weighted by atomic mass is 10.2. The van der Waals surface area contributed by atoms with Crippen molar-refractivity contribution in [2.75, 3.05) is 6.54 Å². The molecule has 12 heavy (non-hydrogen) atoms. The first-order valence-electron chi connectivity index (χ1n) is 4.66. The van der Waals surface area contributed by atoms with Gasteiger partial charge >= 0.3 is 0 Å². The normalized spacial score (nSPS) is 23.2. The molecule has 0 spiro atoms. The zero-order valence-corrected chi connectivity index (χ0v) is 7.45. The molecule has 0 aromatic carbocycles. The van der Waals surface area contributed by atoms with Gasteiger partial charge in [0, 0.05) is 18.9 Å². The van der Waals surface area contributed by atoms with Gasteiger partial charge < -0.3 is 9.88 Å². The first kappa shape index (κ1) is 7.80. The molecule has 1 aromatic rings. The molecule has 3 heteroatoms. The van der Waals surface area contributed by atoms with Gasteiger partial charge in [0.1, 0.15) is 5.82 Å². The summed E-state index contributed by atoms with van der Waals surface area (Å²) in [6, 6.07) is 0.500. The lowest BCUT2D eigenvalue weighted by molar-refractivity contribution is 0.558. The largest absolute Gasteiger partial charge is 0.334 e. The smallest absolute Gasteiger partial charge is 0.125 e. The molecular weight excluding hydrogens is 150 g/mol. The zero-order valence-electron chi connectivity index (χ0n) is 7.45. The Morgan fingerprint density at radius 2 is 2.67 bits per heavy atom. The first-order chi connectivity index (χ1) is 5.92. The van der Waals surface area contributed by atoms with E-state index in [0.29, 0.717) is 6.04 Å². The highest BCUT2D eigenvalue weighted by molar-refractivity contribution is 5.01. The molecule has 1 aromatic heterocycles. The van der Waals surface area contributed by atoms with Crippen molar-refractivity contribution in [1.29, 1.82) is 0 Å². The highest BCUT2D eigenvalue weighted by Gasteiger charge is 2.19. The number of aromatic nitrogens is 2. The van der Waals surface area contributed by atoms with Gasteiger partial charge in [-0.2, -0.15) is 0 Å². The zero-order chi connectivity index (χ0) is 8.39. The van der Waals surface area contributed by atoms with E-state index in [4.69, 9.17) is 0 Å². The Morgan fingerprint density at radius 3 is 3.33 bits per heavy atom. The van der Waals surface area contributed by atoms with Gasteiger partial charge in [0.15, 0.2) is 0 Å². The maximum atomic E-state index is 4.37. The Hall–Kier alpha value is -0.830. The summed E-state index contributed by atoms with van der Waals surface area (Å²) in [5, 5.41) is 3.45. The standard InChI is InChI=1S/C9H15N3/c1-2-12-7-6-11-9(12)8-4-3-5-10-8/h6-8,10H,2-5H2,1H3. The molecule has 1 unspecified atom stereocenters. The number of rotatable bonds is 2. The van der Waals surface area contributed by atoms with Crippen LogP contribution in [0.5, 0.6) is 0 Å². The van der Waals surface area contributed by atoms with Crippen LogP contribution in [0.15, 0.2) is 12.4 Å². The fourth-order valence-corrected chi connectivity index (χ4v) is 1.80. The second kappa shape index (κ2) is 3.27. The Morgan fingerprint density at radius 1 is 1.75 bits per heavy atom. The summed E-state index contributed by atoms with van der Waals surface area (Å²) in [5.41, 5.74) is 0. The van der Waals surface area contributed by atoms with Crippen LogP contribution in [-0.4, -0.2) is 16.1 Å². The third-order valence-electron chi connectivity index (χ3n) is 2.46. The molecule has 0 saturated carbocycles. The van der Waals surface area contributed by atoms with E-state index in [1.807, 2.05) is 6.20 Å². The fourth-order valence-electron chi connectivity index (χ4n) is 1.80. The maximum Gasteiger partial charge on any atom is 0.125 e. The fraction of sp³-hybridized carbons (Fsp3) is 0.667. The quantitative estimate of drug-likeness (QED) is 0.716. The Balaban J connectivity index is 2.19. The number of aryl methyl sites for hydroxylation is 1. The van der Waals surface area contributed by atoms with Crippen LogP contribution in [0.1, 0.15) is 31.6 Å². The van der Waals surface area contributed by atoms with Crippen LogP contribution in [0, 0.1) is 0 Å². The van der Waals surface area contributed by atoms with E-state index in [1.165, 1.54) is 18.7 Å². The summed E-state index contributed by atoms with van der Waals surface area (Å²) in [6.45, 7) is 4.31. The average molecular weight is 165 g/mol. The van der Waals surface area contributed by atoms with Gasteiger partial charge in [-0.1, -0.05) is 0 Å². The number of hydrogen-bond donors (Lipinski definition) is 1. The second-order valence-corrected chi connectivity index (χ2v) is 3.22. The van der Waals surface area contributed by atoms with Crippen LogP contribution < -0.4 is 5.32 Å². The summed E-state index contributed by atoms with van der Waals surface area (Å²) in [5.74, 6) is 1.20. The molecule has 66 valence electrons. The van der Waals surface area contributed by atoms with Crippen LogP contribution in [0.4, 0.5) is 0 Å². The van der Waals surface area contributed by atoms with E-state index >= 15 is 0 Å². The Labute approximate surface area is 72.8 Å². The Bertz CT molecular complexity index is 248. The highest BCUT2D eigenvalue weighted by Crippen LogP contribution is 2.20. The molecule has 1 saturated heterocycles. The van der Waals surface area contributed by atoms with E-state index in [9.17, 15) is 0 Å².